The minimum Gasteiger partial charge on any atom is -0.353 e. The van der Waals surface area contributed by atoms with Gasteiger partial charge in [-0.2, -0.15) is 0 Å². The number of amides is 1. The minimum absolute atomic E-state index is 0.201. The fourth-order valence-corrected chi connectivity index (χ4v) is 4.21. The molecule has 120 valence electrons. The van der Waals surface area contributed by atoms with Gasteiger partial charge in [0.25, 0.3) is 0 Å². The van der Waals surface area contributed by atoms with E-state index >= 15 is 0 Å². The standard InChI is InChI=1S/C20H29NO/c1-13(2)16-10-9-14(3)11-19(16)21-20(22)18-12-17(18)15-7-5-4-6-8-15/h4-8,13-14,16-19H,9-12H2,1-3H3,(H,21,22)/t14-,16+,17+,18-,19-/m1/s1. The van der Waals surface area contributed by atoms with Crippen molar-refractivity contribution in [2.24, 2.45) is 23.7 Å². The lowest BCUT2D eigenvalue weighted by molar-refractivity contribution is -0.124. The van der Waals surface area contributed by atoms with Crippen LogP contribution in [0.15, 0.2) is 30.3 Å². The van der Waals surface area contributed by atoms with Crippen LogP contribution < -0.4 is 5.32 Å². The zero-order valence-corrected chi connectivity index (χ0v) is 14.1. The molecule has 2 aliphatic carbocycles. The quantitative estimate of drug-likeness (QED) is 0.879. The molecule has 0 radical (unpaired) electrons. The SMILES string of the molecule is CC(C)[C@@H]1CC[C@@H](C)C[C@H]1NC(=O)[C@@H]1C[C@H]1c1ccccc1. The summed E-state index contributed by atoms with van der Waals surface area (Å²) in [6.45, 7) is 6.91. The molecule has 0 unspecified atom stereocenters. The van der Waals surface area contributed by atoms with Gasteiger partial charge in [0.1, 0.15) is 0 Å². The van der Waals surface area contributed by atoms with Crippen LogP contribution in [-0.2, 0) is 4.79 Å². The molecule has 2 aliphatic rings. The Morgan fingerprint density at radius 2 is 1.86 bits per heavy atom. The Hall–Kier alpha value is -1.31. The summed E-state index contributed by atoms with van der Waals surface area (Å²) in [4.78, 5) is 12.6. The zero-order valence-electron chi connectivity index (χ0n) is 14.1. The number of carbonyl (C=O) groups excluding carboxylic acids is 1. The highest BCUT2D eigenvalue weighted by atomic mass is 16.2. The van der Waals surface area contributed by atoms with Crippen LogP contribution in [-0.4, -0.2) is 11.9 Å². The third kappa shape index (κ3) is 3.37. The van der Waals surface area contributed by atoms with Gasteiger partial charge in [-0.15, -0.1) is 0 Å². The predicted molar refractivity (Wildman–Crippen MR) is 90.6 cm³/mol. The summed E-state index contributed by atoms with van der Waals surface area (Å²) in [5.41, 5.74) is 1.32. The van der Waals surface area contributed by atoms with Gasteiger partial charge in [0.05, 0.1) is 0 Å². The van der Waals surface area contributed by atoms with Crippen molar-refractivity contribution in [3.05, 3.63) is 35.9 Å². The van der Waals surface area contributed by atoms with Crippen molar-refractivity contribution in [3.8, 4) is 0 Å². The Morgan fingerprint density at radius 3 is 2.55 bits per heavy atom. The summed E-state index contributed by atoms with van der Waals surface area (Å²) in [6.07, 6.45) is 4.74. The first-order valence-electron chi connectivity index (χ1n) is 8.91. The first kappa shape index (κ1) is 15.6. The van der Waals surface area contributed by atoms with E-state index in [0.29, 0.717) is 29.7 Å². The topological polar surface area (TPSA) is 29.1 Å². The van der Waals surface area contributed by atoms with Crippen LogP contribution in [0.25, 0.3) is 0 Å². The van der Waals surface area contributed by atoms with Crippen molar-refractivity contribution >= 4 is 5.91 Å². The number of nitrogens with one attached hydrogen (secondary N) is 1. The van der Waals surface area contributed by atoms with Crippen LogP contribution in [0.1, 0.15) is 57.9 Å². The second-order valence-corrected chi connectivity index (χ2v) is 7.80. The third-order valence-electron chi connectivity index (χ3n) is 5.70. The highest BCUT2D eigenvalue weighted by Crippen LogP contribution is 2.47. The first-order valence-corrected chi connectivity index (χ1v) is 8.91. The van der Waals surface area contributed by atoms with Crippen molar-refractivity contribution < 1.29 is 4.79 Å². The van der Waals surface area contributed by atoms with E-state index in [9.17, 15) is 4.79 Å². The first-order chi connectivity index (χ1) is 10.6. The second-order valence-electron chi connectivity index (χ2n) is 7.80. The molecule has 0 saturated heterocycles. The Bertz CT molecular complexity index is 510. The van der Waals surface area contributed by atoms with E-state index < -0.39 is 0 Å². The molecule has 0 spiro atoms. The maximum atomic E-state index is 12.6. The van der Waals surface area contributed by atoms with Crippen LogP contribution in [0.2, 0.25) is 0 Å². The Kier molecular flexibility index (Phi) is 4.56. The van der Waals surface area contributed by atoms with Gasteiger partial charge in [-0.3, -0.25) is 4.79 Å². The van der Waals surface area contributed by atoms with E-state index in [2.05, 4.69) is 50.4 Å². The molecule has 0 aliphatic heterocycles. The van der Waals surface area contributed by atoms with Crippen LogP contribution in [0, 0.1) is 23.7 Å². The van der Waals surface area contributed by atoms with Crippen molar-refractivity contribution in [2.45, 2.75) is 58.4 Å². The van der Waals surface area contributed by atoms with Crippen LogP contribution >= 0.6 is 0 Å². The van der Waals surface area contributed by atoms with Crippen LogP contribution in [0.5, 0.6) is 0 Å². The van der Waals surface area contributed by atoms with Crippen molar-refractivity contribution in [3.63, 3.8) is 0 Å². The molecule has 22 heavy (non-hydrogen) atoms. The molecule has 3 rings (SSSR count). The molecule has 0 aromatic heterocycles. The molecule has 2 saturated carbocycles. The molecular weight excluding hydrogens is 270 g/mol. The van der Waals surface area contributed by atoms with Gasteiger partial charge in [0, 0.05) is 12.0 Å². The van der Waals surface area contributed by atoms with Crippen molar-refractivity contribution in [1.82, 2.24) is 5.32 Å². The smallest absolute Gasteiger partial charge is 0.223 e. The van der Waals surface area contributed by atoms with E-state index in [1.54, 1.807) is 0 Å². The average molecular weight is 299 g/mol. The lowest BCUT2D eigenvalue weighted by Gasteiger charge is -2.37. The van der Waals surface area contributed by atoms with E-state index in [1.807, 2.05) is 6.07 Å². The van der Waals surface area contributed by atoms with E-state index in [-0.39, 0.29) is 5.92 Å². The molecule has 2 heteroatoms. The molecule has 1 N–H and O–H groups in total. The number of hydrogen-bond acceptors (Lipinski definition) is 1. The Labute approximate surface area is 134 Å². The van der Waals surface area contributed by atoms with Gasteiger partial charge in [-0.1, -0.05) is 57.5 Å². The fraction of sp³-hybridized carbons (Fsp3) is 0.650. The Morgan fingerprint density at radius 1 is 1.14 bits per heavy atom. The summed E-state index contributed by atoms with van der Waals surface area (Å²) < 4.78 is 0. The molecule has 5 atom stereocenters. The lowest BCUT2D eigenvalue weighted by atomic mass is 9.74. The minimum atomic E-state index is 0.201. The normalized spacial score (nSPS) is 34.5. The molecule has 1 amide bonds. The van der Waals surface area contributed by atoms with Gasteiger partial charge in [0.15, 0.2) is 0 Å². The molecule has 0 heterocycles. The van der Waals surface area contributed by atoms with Crippen LogP contribution in [0.4, 0.5) is 0 Å². The molecular formula is C20H29NO. The van der Waals surface area contributed by atoms with Crippen LogP contribution in [0.3, 0.4) is 0 Å². The van der Waals surface area contributed by atoms with Gasteiger partial charge in [-0.05, 0) is 48.5 Å². The van der Waals surface area contributed by atoms with E-state index in [1.165, 1.54) is 18.4 Å². The fourth-order valence-electron chi connectivity index (χ4n) is 4.21. The third-order valence-corrected chi connectivity index (χ3v) is 5.70. The molecule has 1 aromatic rings. The summed E-state index contributed by atoms with van der Waals surface area (Å²) >= 11 is 0. The Balaban J connectivity index is 1.59. The van der Waals surface area contributed by atoms with Gasteiger partial charge in [-0.25, -0.2) is 0 Å². The zero-order chi connectivity index (χ0) is 15.7. The second kappa shape index (κ2) is 6.44. The number of benzene rings is 1. The number of carbonyl (C=O) groups is 1. The monoisotopic (exact) mass is 299 g/mol. The molecule has 1 aromatic carbocycles. The highest BCUT2D eigenvalue weighted by molar-refractivity contribution is 5.83. The summed E-state index contributed by atoms with van der Waals surface area (Å²) in [6, 6.07) is 10.9. The maximum Gasteiger partial charge on any atom is 0.223 e. The molecule has 2 nitrogen and oxygen atoms in total. The number of hydrogen-bond donors (Lipinski definition) is 1. The van der Waals surface area contributed by atoms with Gasteiger partial charge in [0.2, 0.25) is 5.91 Å². The predicted octanol–water partition coefficient (Wildman–Crippen LogP) is 4.37. The van der Waals surface area contributed by atoms with E-state index in [0.717, 1.165) is 18.8 Å². The molecule has 0 bridgehead atoms. The van der Waals surface area contributed by atoms with Crippen molar-refractivity contribution in [1.29, 1.82) is 0 Å². The van der Waals surface area contributed by atoms with Gasteiger partial charge < -0.3 is 5.32 Å². The van der Waals surface area contributed by atoms with E-state index in [4.69, 9.17) is 0 Å². The summed E-state index contributed by atoms with van der Waals surface area (Å²) in [7, 11) is 0. The lowest BCUT2D eigenvalue weighted by Crippen LogP contribution is -2.46. The summed E-state index contributed by atoms with van der Waals surface area (Å²) in [5.74, 6) is 2.98. The highest BCUT2D eigenvalue weighted by Gasteiger charge is 2.45. The average Bonchev–Trinajstić information content (AvgIpc) is 3.28. The largest absolute Gasteiger partial charge is 0.353 e. The summed E-state index contributed by atoms with van der Waals surface area (Å²) in [5, 5.41) is 3.40. The maximum absolute atomic E-state index is 12.6. The number of rotatable bonds is 4. The van der Waals surface area contributed by atoms with Gasteiger partial charge >= 0.3 is 0 Å². The molecule has 2 fully saturated rings. The van der Waals surface area contributed by atoms with Crippen molar-refractivity contribution in [2.75, 3.05) is 0 Å².